The molecule has 0 aromatic heterocycles. The van der Waals surface area contributed by atoms with Gasteiger partial charge in [0, 0.05) is 0 Å². The second kappa shape index (κ2) is 3.80. The van der Waals surface area contributed by atoms with E-state index < -0.39 is 0 Å². The number of amides is 1. The number of rotatable bonds is 3. The zero-order valence-electron chi connectivity index (χ0n) is 8.14. The van der Waals surface area contributed by atoms with Gasteiger partial charge >= 0.3 is 0 Å². The van der Waals surface area contributed by atoms with Gasteiger partial charge in [0.2, 0.25) is 0 Å². The van der Waals surface area contributed by atoms with Gasteiger partial charge < -0.3 is 0 Å². The highest BCUT2D eigenvalue weighted by atomic mass is 16.7. The van der Waals surface area contributed by atoms with Gasteiger partial charge in [0.1, 0.15) is 6.61 Å². The van der Waals surface area contributed by atoms with Crippen LogP contribution >= 0.6 is 0 Å². The maximum absolute atomic E-state index is 11.2. The summed E-state index contributed by atoms with van der Waals surface area (Å²) in [6.45, 7) is 3.09. The van der Waals surface area contributed by atoms with E-state index in [1.165, 1.54) is 5.06 Å². The van der Waals surface area contributed by atoms with Crippen LogP contribution in [-0.4, -0.2) is 17.5 Å². The Kier molecular flexibility index (Phi) is 2.50. The fourth-order valence-electron chi connectivity index (χ4n) is 1.39. The van der Waals surface area contributed by atoms with Crippen molar-refractivity contribution < 1.29 is 9.63 Å². The van der Waals surface area contributed by atoms with Gasteiger partial charge in [-0.15, -0.1) is 0 Å². The molecule has 0 unspecified atom stereocenters. The first-order chi connectivity index (χ1) is 6.77. The lowest BCUT2D eigenvalue weighted by Gasteiger charge is -2.34. The molecule has 1 amide bonds. The van der Waals surface area contributed by atoms with Gasteiger partial charge in [0.25, 0.3) is 5.91 Å². The molecule has 0 radical (unpaired) electrons. The van der Waals surface area contributed by atoms with Gasteiger partial charge in [-0.1, -0.05) is 37.3 Å². The summed E-state index contributed by atoms with van der Waals surface area (Å²) >= 11 is 0. The van der Waals surface area contributed by atoms with Crippen LogP contribution in [0.5, 0.6) is 0 Å². The van der Waals surface area contributed by atoms with Crippen LogP contribution in [-0.2, 0) is 16.2 Å². The summed E-state index contributed by atoms with van der Waals surface area (Å²) in [5, 5.41) is 1.43. The lowest BCUT2D eigenvalue weighted by atomic mass is 10.1. The molecule has 0 N–H and O–H groups in total. The molecular weight excluding hydrogens is 178 g/mol. The van der Waals surface area contributed by atoms with Crippen molar-refractivity contribution in [1.82, 2.24) is 5.06 Å². The fraction of sp³-hybridized carbons (Fsp3) is 0.364. The minimum Gasteiger partial charge on any atom is -0.272 e. The smallest absolute Gasteiger partial charge is 0.250 e. The largest absolute Gasteiger partial charge is 0.272 e. The van der Waals surface area contributed by atoms with Gasteiger partial charge in [-0.3, -0.25) is 9.63 Å². The molecule has 2 rings (SSSR count). The predicted molar refractivity (Wildman–Crippen MR) is 52.1 cm³/mol. The molecule has 1 fully saturated rings. The lowest BCUT2D eigenvalue weighted by molar-refractivity contribution is -0.224. The van der Waals surface area contributed by atoms with Gasteiger partial charge in [-0.25, -0.2) is 5.06 Å². The van der Waals surface area contributed by atoms with Gasteiger partial charge in [0.05, 0.1) is 12.5 Å². The number of β-lactam (4-membered cyclic amide) rings is 1. The van der Waals surface area contributed by atoms with E-state index in [0.717, 1.165) is 5.56 Å². The third-order valence-corrected chi connectivity index (χ3v) is 2.34. The van der Waals surface area contributed by atoms with Crippen LogP contribution in [0.2, 0.25) is 0 Å². The van der Waals surface area contributed by atoms with E-state index in [-0.39, 0.29) is 11.8 Å². The summed E-state index contributed by atoms with van der Waals surface area (Å²) < 4.78 is 0. The second-order valence-electron chi connectivity index (χ2n) is 3.56. The van der Waals surface area contributed by atoms with Crippen molar-refractivity contribution in [2.75, 3.05) is 6.54 Å². The van der Waals surface area contributed by atoms with Gasteiger partial charge in [-0.2, -0.15) is 0 Å². The fourth-order valence-corrected chi connectivity index (χ4v) is 1.39. The monoisotopic (exact) mass is 191 g/mol. The summed E-state index contributed by atoms with van der Waals surface area (Å²) in [7, 11) is 0. The van der Waals surface area contributed by atoms with E-state index in [0.29, 0.717) is 13.2 Å². The molecule has 14 heavy (non-hydrogen) atoms. The predicted octanol–water partition coefficient (Wildman–Crippen LogP) is 1.60. The van der Waals surface area contributed by atoms with Crippen molar-refractivity contribution in [2.45, 2.75) is 13.5 Å². The Morgan fingerprint density at radius 1 is 1.43 bits per heavy atom. The van der Waals surface area contributed by atoms with Crippen LogP contribution in [0.4, 0.5) is 0 Å². The standard InChI is InChI=1S/C11H13NO2/c1-9-7-12(11(9)13)14-8-10-5-3-2-4-6-10/h2-6,9H,7-8H2,1H3/t9-/m1/s1. The summed E-state index contributed by atoms with van der Waals surface area (Å²) in [6, 6.07) is 9.83. The molecule has 1 aromatic rings. The van der Waals surface area contributed by atoms with Gasteiger partial charge in [-0.05, 0) is 5.56 Å². The average Bonchev–Trinajstić information content (AvgIpc) is 2.25. The molecule has 3 heteroatoms. The van der Waals surface area contributed by atoms with Crippen LogP contribution in [0.1, 0.15) is 12.5 Å². The van der Waals surface area contributed by atoms with Crippen LogP contribution in [0.15, 0.2) is 30.3 Å². The third kappa shape index (κ3) is 1.77. The van der Waals surface area contributed by atoms with Crippen LogP contribution in [0.25, 0.3) is 0 Å². The van der Waals surface area contributed by atoms with Crippen molar-refractivity contribution >= 4 is 5.91 Å². The quantitative estimate of drug-likeness (QED) is 0.679. The lowest BCUT2D eigenvalue weighted by Crippen LogP contribution is -2.50. The zero-order chi connectivity index (χ0) is 9.97. The number of hydroxylamine groups is 2. The third-order valence-electron chi connectivity index (χ3n) is 2.34. The van der Waals surface area contributed by atoms with Crippen molar-refractivity contribution in [3.8, 4) is 0 Å². The van der Waals surface area contributed by atoms with Crippen molar-refractivity contribution in [1.29, 1.82) is 0 Å². The SMILES string of the molecule is C[C@@H]1CN(OCc2ccccc2)C1=O. The van der Waals surface area contributed by atoms with E-state index in [2.05, 4.69) is 0 Å². The second-order valence-corrected chi connectivity index (χ2v) is 3.56. The number of carbonyl (C=O) groups excluding carboxylic acids is 1. The zero-order valence-corrected chi connectivity index (χ0v) is 8.14. The topological polar surface area (TPSA) is 29.5 Å². The van der Waals surface area contributed by atoms with Crippen LogP contribution in [0, 0.1) is 5.92 Å². The van der Waals surface area contributed by atoms with E-state index in [4.69, 9.17) is 4.84 Å². The Bertz CT molecular complexity index is 323. The van der Waals surface area contributed by atoms with E-state index in [1.54, 1.807) is 0 Å². The number of nitrogens with zero attached hydrogens (tertiary/aromatic N) is 1. The normalized spacial score (nSPS) is 20.8. The summed E-state index contributed by atoms with van der Waals surface area (Å²) in [5.74, 6) is 0.215. The first-order valence-corrected chi connectivity index (χ1v) is 4.75. The molecular formula is C11H13NO2. The van der Waals surface area contributed by atoms with Crippen molar-refractivity contribution in [3.05, 3.63) is 35.9 Å². The number of carbonyl (C=O) groups is 1. The minimum absolute atomic E-state index is 0.0842. The maximum Gasteiger partial charge on any atom is 0.250 e. The Labute approximate surface area is 83.2 Å². The molecule has 0 bridgehead atoms. The highest BCUT2D eigenvalue weighted by Gasteiger charge is 2.33. The molecule has 0 saturated carbocycles. The first-order valence-electron chi connectivity index (χ1n) is 4.75. The molecule has 74 valence electrons. The highest BCUT2D eigenvalue weighted by Crippen LogP contribution is 2.17. The van der Waals surface area contributed by atoms with E-state index in [1.807, 2.05) is 37.3 Å². The highest BCUT2D eigenvalue weighted by molar-refractivity contribution is 5.82. The molecule has 1 aliphatic heterocycles. The summed E-state index contributed by atoms with van der Waals surface area (Å²) in [6.07, 6.45) is 0. The average molecular weight is 191 g/mol. The van der Waals surface area contributed by atoms with Crippen LogP contribution < -0.4 is 0 Å². The molecule has 1 heterocycles. The minimum atomic E-state index is 0.0842. The first kappa shape index (κ1) is 9.21. The van der Waals surface area contributed by atoms with Crippen molar-refractivity contribution in [3.63, 3.8) is 0 Å². The van der Waals surface area contributed by atoms with E-state index >= 15 is 0 Å². The molecule has 1 atom stereocenters. The van der Waals surface area contributed by atoms with Gasteiger partial charge in [0.15, 0.2) is 0 Å². The number of benzene rings is 1. The Morgan fingerprint density at radius 2 is 2.14 bits per heavy atom. The van der Waals surface area contributed by atoms with Crippen molar-refractivity contribution in [2.24, 2.45) is 5.92 Å². The Hall–Kier alpha value is -1.35. The van der Waals surface area contributed by atoms with Crippen LogP contribution in [0.3, 0.4) is 0 Å². The summed E-state index contributed by atoms with van der Waals surface area (Å²) in [4.78, 5) is 16.5. The molecule has 3 nitrogen and oxygen atoms in total. The molecule has 0 aliphatic carbocycles. The molecule has 1 saturated heterocycles. The number of hydrogen-bond acceptors (Lipinski definition) is 2. The summed E-state index contributed by atoms with van der Waals surface area (Å²) in [5.41, 5.74) is 1.08. The van der Waals surface area contributed by atoms with E-state index in [9.17, 15) is 4.79 Å². The molecule has 1 aromatic carbocycles. The Morgan fingerprint density at radius 3 is 2.71 bits per heavy atom. The molecule has 1 aliphatic rings. The maximum atomic E-state index is 11.2. The Balaban J connectivity index is 1.82. The number of hydrogen-bond donors (Lipinski definition) is 0. The molecule has 0 spiro atoms.